The molecule has 1 saturated carbocycles. The maximum absolute atomic E-state index is 11.1. The number of benzene rings is 1. The number of hydrogen-bond acceptors (Lipinski definition) is 5. The summed E-state index contributed by atoms with van der Waals surface area (Å²) in [5, 5.41) is 11.1. The molecular formula is C15H23N3O3. The molecule has 21 heavy (non-hydrogen) atoms. The lowest BCUT2D eigenvalue weighted by molar-refractivity contribution is -0.384. The highest BCUT2D eigenvalue weighted by Crippen LogP contribution is 2.34. The summed E-state index contributed by atoms with van der Waals surface area (Å²) < 4.78 is 5.18. The maximum atomic E-state index is 11.1. The van der Waals surface area contributed by atoms with Crippen LogP contribution in [0.15, 0.2) is 18.2 Å². The minimum Gasteiger partial charge on any atom is -0.496 e. The molecule has 1 fully saturated rings. The van der Waals surface area contributed by atoms with E-state index in [4.69, 9.17) is 10.5 Å². The van der Waals surface area contributed by atoms with Crippen LogP contribution < -0.4 is 15.4 Å². The quantitative estimate of drug-likeness (QED) is 0.666. The summed E-state index contributed by atoms with van der Waals surface area (Å²) >= 11 is 0. The molecule has 1 aromatic rings. The van der Waals surface area contributed by atoms with Gasteiger partial charge in [0.15, 0.2) is 0 Å². The molecule has 0 spiro atoms. The summed E-state index contributed by atoms with van der Waals surface area (Å²) in [6.45, 7) is 0.654. The van der Waals surface area contributed by atoms with Crippen molar-refractivity contribution in [3.05, 3.63) is 28.3 Å². The standard InChI is InChI=1S/C15H23N3O3/c1-17(15-6-4-3-5-11(15)10-16)12-7-13(18(19)20)9-14(8-12)21-2/h7-9,11,15H,3-6,10,16H2,1-2H3. The number of ether oxygens (including phenoxy) is 1. The van der Waals surface area contributed by atoms with Gasteiger partial charge in [0.1, 0.15) is 5.75 Å². The van der Waals surface area contributed by atoms with Crippen LogP contribution in [0.25, 0.3) is 0 Å². The third kappa shape index (κ3) is 3.44. The molecule has 0 radical (unpaired) electrons. The number of nitro groups is 1. The van der Waals surface area contributed by atoms with E-state index in [1.54, 1.807) is 6.07 Å². The molecule has 1 aromatic carbocycles. The number of hydrogen-bond donors (Lipinski definition) is 1. The number of nitrogens with zero attached hydrogens (tertiary/aromatic N) is 2. The van der Waals surface area contributed by atoms with Gasteiger partial charge in [0, 0.05) is 30.9 Å². The van der Waals surface area contributed by atoms with E-state index in [-0.39, 0.29) is 10.6 Å². The zero-order valence-corrected chi connectivity index (χ0v) is 12.6. The fraction of sp³-hybridized carbons (Fsp3) is 0.600. The first-order valence-electron chi connectivity index (χ1n) is 7.33. The second kappa shape index (κ2) is 6.76. The zero-order chi connectivity index (χ0) is 15.4. The molecule has 6 heteroatoms. The van der Waals surface area contributed by atoms with Crippen LogP contribution >= 0.6 is 0 Å². The average Bonchev–Trinajstić information content (AvgIpc) is 2.53. The van der Waals surface area contributed by atoms with E-state index in [1.165, 1.54) is 26.0 Å². The van der Waals surface area contributed by atoms with Crippen LogP contribution in [0, 0.1) is 16.0 Å². The van der Waals surface area contributed by atoms with Gasteiger partial charge in [-0.1, -0.05) is 12.8 Å². The van der Waals surface area contributed by atoms with Crippen molar-refractivity contribution < 1.29 is 9.66 Å². The van der Waals surface area contributed by atoms with Crippen molar-refractivity contribution in [3.63, 3.8) is 0 Å². The first kappa shape index (κ1) is 15.6. The van der Waals surface area contributed by atoms with Crippen LogP contribution in [0.4, 0.5) is 11.4 Å². The predicted molar refractivity (Wildman–Crippen MR) is 82.9 cm³/mol. The second-order valence-corrected chi connectivity index (χ2v) is 5.60. The Hall–Kier alpha value is -1.82. The van der Waals surface area contributed by atoms with Crippen molar-refractivity contribution in [1.29, 1.82) is 0 Å². The highest BCUT2D eigenvalue weighted by Gasteiger charge is 2.28. The van der Waals surface area contributed by atoms with Crippen LogP contribution in [0.1, 0.15) is 25.7 Å². The number of anilines is 1. The van der Waals surface area contributed by atoms with Crippen molar-refractivity contribution in [2.24, 2.45) is 11.7 Å². The molecule has 6 nitrogen and oxygen atoms in total. The van der Waals surface area contributed by atoms with E-state index in [2.05, 4.69) is 4.90 Å². The summed E-state index contributed by atoms with van der Waals surface area (Å²) in [4.78, 5) is 12.8. The maximum Gasteiger partial charge on any atom is 0.275 e. The van der Waals surface area contributed by atoms with E-state index in [0.717, 1.165) is 18.5 Å². The summed E-state index contributed by atoms with van der Waals surface area (Å²) in [7, 11) is 3.50. The SMILES string of the molecule is COc1cc(N(C)C2CCCCC2CN)cc([N+](=O)[O-])c1. The normalized spacial score (nSPS) is 21.9. The van der Waals surface area contributed by atoms with E-state index in [1.807, 2.05) is 13.1 Å². The highest BCUT2D eigenvalue weighted by atomic mass is 16.6. The van der Waals surface area contributed by atoms with Crippen LogP contribution in [-0.4, -0.2) is 31.7 Å². The topological polar surface area (TPSA) is 81.6 Å². The fourth-order valence-electron chi connectivity index (χ4n) is 3.16. The van der Waals surface area contributed by atoms with Gasteiger partial charge in [0.25, 0.3) is 5.69 Å². The lowest BCUT2D eigenvalue weighted by atomic mass is 9.83. The molecule has 2 N–H and O–H groups in total. The Morgan fingerprint density at radius 1 is 1.38 bits per heavy atom. The van der Waals surface area contributed by atoms with Gasteiger partial charge in [0.2, 0.25) is 0 Å². The number of rotatable bonds is 5. The van der Waals surface area contributed by atoms with Crippen LogP contribution in [0.5, 0.6) is 5.75 Å². The van der Waals surface area contributed by atoms with E-state index < -0.39 is 0 Å². The Labute approximate surface area is 125 Å². The van der Waals surface area contributed by atoms with Crippen molar-refractivity contribution in [2.45, 2.75) is 31.7 Å². The molecular weight excluding hydrogens is 270 g/mol. The minimum atomic E-state index is -0.388. The Balaban J connectivity index is 2.30. The molecule has 0 amide bonds. The minimum absolute atomic E-state index is 0.0521. The van der Waals surface area contributed by atoms with Gasteiger partial charge in [-0.15, -0.1) is 0 Å². The molecule has 2 unspecified atom stereocenters. The second-order valence-electron chi connectivity index (χ2n) is 5.60. The van der Waals surface area contributed by atoms with Crippen LogP contribution in [0.2, 0.25) is 0 Å². The van der Waals surface area contributed by atoms with Gasteiger partial charge >= 0.3 is 0 Å². The Morgan fingerprint density at radius 3 is 2.71 bits per heavy atom. The first-order chi connectivity index (χ1) is 10.1. The third-order valence-corrected chi connectivity index (χ3v) is 4.40. The van der Waals surface area contributed by atoms with Crippen molar-refractivity contribution in [3.8, 4) is 5.75 Å². The van der Waals surface area contributed by atoms with E-state index >= 15 is 0 Å². The number of methoxy groups -OCH3 is 1. The van der Waals surface area contributed by atoms with E-state index in [0.29, 0.717) is 24.3 Å². The zero-order valence-electron chi connectivity index (χ0n) is 12.6. The molecule has 0 saturated heterocycles. The fourth-order valence-corrected chi connectivity index (χ4v) is 3.16. The number of nitro benzene ring substituents is 1. The molecule has 1 aliphatic rings. The predicted octanol–water partition coefficient (Wildman–Crippen LogP) is 2.56. The molecule has 0 bridgehead atoms. The Bertz CT molecular complexity index is 507. The highest BCUT2D eigenvalue weighted by molar-refractivity contribution is 5.58. The first-order valence-corrected chi connectivity index (χ1v) is 7.33. The Kier molecular flexibility index (Phi) is 5.01. The van der Waals surface area contributed by atoms with Gasteiger partial charge < -0.3 is 15.4 Å². The lowest BCUT2D eigenvalue weighted by Gasteiger charge is -2.38. The number of nitrogens with two attached hydrogens (primary N) is 1. The summed E-state index contributed by atoms with van der Waals surface area (Å²) in [6.07, 6.45) is 4.59. The van der Waals surface area contributed by atoms with E-state index in [9.17, 15) is 10.1 Å². The van der Waals surface area contributed by atoms with Crippen LogP contribution in [0.3, 0.4) is 0 Å². The van der Waals surface area contributed by atoms with Crippen molar-refractivity contribution in [1.82, 2.24) is 0 Å². The van der Waals surface area contributed by atoms with Gasteiger partial charge in [-0.25, -0.2) is 0 Å². The Morgan fingerprint density at radius 2 is 2.10 bits per heavy atom. The van der Waals surface area contributed by atoms with Crippen molar-refractivity contribution >= 4 is 11.4 Å². The molecule has 1 aliphatic carbocycles. The monoisotopic (exact) mass is 293 g/mol. The summed E-state index contributed by atoms with van der Waals surface area (Å²) in [5.74, 6) is 0.945. The molecule has 0 heterocycles. The smallest absolute Gasteiger partial charge is 0.275 e. The molecule has 2 rings (SSSR count). The summed E-state index contributed by atoms with van der Waals surface area (Å²) in [5.41, 5.74) is 6.75. The van der Waals surface area contributed by atoms with Gasteiger partial charge in [-0.3, -0.25) is 10.1 Å². The van der Waals surface area contributed by atoms with Gasteiger partial charge in [0.05, 0.1) is 18.1 Å². The van der Waals surface area contributed by atoms with Gasteiger partial charge in [-0.05, 0) is 25.3 Å². The summed E-state index contributed by atoms with van der Waals surface area (Å²) in [6, 6.07) is 5.22. The number of non-ortho nitro benzene ring substituents is 1. The molecule has 116 valence electrons. The average molecular weight is 293 g/mol. The molecule has 2 atom stereocenters. The largest absolute Gasteiger partial charge is 0.496 e. The van der Waals surface area contributed by atoms with Gasteiger partial charge in [-0.2, -0.15) is 0 Å². The third-order valence-electron chi connectivity index (χ3n) is 4.40. The van der Waals surface area contributed by atoms with Crippen molar-refractivity contribution in [2.75, 3.05) is 25.6 Å². The van der Waals surface area contributed by atoms with Crippen LogP contribution in [-0.2, 0) is 0 Å². The molecule has 0 aliphatic heterocycles. The molecule has 0 aromatic heterocycles. The lowest BCUT2D eigenvalue weighted by Crippen LogP contribution is -2.43.